The first-order chi connectivity index (χ1) is 9.70. The number of hydrogen-bond donors (Lipinski definition) is 1. The van der Waals surface area contributed by atoms with Gasteiger partial charge in [-0.2, -0.15) is 0 Å². The topological polar surface area (TPSA) is 43.3 Å². The summed E-state index contributed by atoms with van der Waals surface area (Å²) >= 11 is 3.46. The van der Waals surface area contributed by atoms with Gasteiger partial charge in [0.25, 0.3) is 0 Å². The maximum atomic E-state index is 6.21. The molecule has 0 fully saturated rings. The Morgan fingerprint density at radius 1 is 1.35 bits per heavy atom. The van der Waals surface area contributed by atoms with E-state index in [0.717, 1.165) is 22.8 Å². The molecule has 0 spiro atoms. The van der Waals surface area contributed by atoms with Gasteiger partial charge in [0, 0.05) is 40.9 Å². The van der Waals surface area contributed by atoms with Crippen LogP contribution in [-0.4, -0.2) is 21.2 Å². The largest absolute Gasteiger partial charge is 0.327 e. The summed E-state index contributed by atoms with van der Waals surface area (Å²) in [6, 6.07) is 8.71. The lowest BCUT2D eigenvalue weighted by Crippen LogP contribution is -2.25. The minimum absolute atomic E-state index is 0.130. The van der Waals surface area contributed by atoms with Crippen LogP contribution in [0.3, 0.4) is 0 Å². The summed E-state index contributed by atoms with van der Waals surface area (Å²) in [6.07, 6.45) is 4.93. The Hall–Kier alpha value is -1.30. The second-order valence-corrected chi connectivity index (χ2v) is 6.88. The van der Waals surface area contributed by atoms with Gasteiger partial charge in [0.05, 0.1) is 5.69 Å². The van der Waals surface area contributed by atoms with Gasteiger partial charge >= 0.3 is 0 Å². The van der Waals surface area contributed by atoms with Crippen LogP contribution in [-0.2, 0) is 6.42 Å². The fourth-order valence-corrected chi connectivity index (χ4v) is 3.61. The Labute approximate surface area is 126 Å². The molecule has 104 valence electrons. The number of aryl methyl sites for hydroxylation is 1. The van der Waals surface area contributed by atoms with Crippen LogP contribution in [0.15, 0.2) is 46.9 Å². The molecule has 5 heteroatoms. The van der Waals surface area contributed by atoms with Crippen LogP contribution in [0.4, 0.5) is 0 Å². The van der Waals surface area contributed by atoms with E-state index >= 15 is 0 Å². The predicted octanol–water partition coefficient (Wildman–Crippen LogP) is 3.37. The predicted molar refractivity (Wildman–Crippen MR) is 86.7 cm³/mol. The Balaban J connectivity index is 1.55. The van der Waals surface area contributed by atoms with Crippen molar-refractivity contribution < 1.29 is 0 Å². The molecule has 2 heterocycles. The summed E-state index contributed by atoms with van der Waals surface area (Å²) in [5, 5.41) is 2.04. The van der Waals surface area contributed by atoms with Gasteiger partial charge in [-0.3, -0.25) is 4.40 Å². The van der Waals surface area contributed by atoms with Gasteiger partial charge in [0.15, 0.2) is 4.96 Å². The van der Waals surface area contributed by atoms with Crippen molar-refractivity contribution >= 4 is 28.1 Å². The zero-order valence-electron chi connectivity index (χ0n) is 11.3. The molecule has 0 saturated heterocycles. The molecule has 0 bridgehead atoms. The highest BCUT2D eigenvalue weighted by atomic mass is 32.2. The number of aromatic nitrogens is 2. The van der Waals surface area contributed by atoms with Crippen molar-refractivity contribution in [3.63, 3.8) is 0 Å². The van der Waals surface area contributed by atoms with Crippen molar-refractivity contribution in [3.05, 3.63) is 53.3 Å². The molecule has 3 rings (SSSR count). The lowest BCUT2D eigenvalue weighted by atomic mass is 10.2. The summed E-state index contributed by atoms with van der Waals surface area (Å²) in [6.45, 7) is 2.10. The molecule has 0 amide bonds. The second-order valence-electron chi connectivity index (χ2n) is 4.91. The number of thiazole rings is 1. The number of fused-ring (bicyclic) bond motifs is 1. The summed E-state index contributed by atoms with van der Waals surface area (Å²) in [5.74, 6) is 0.911. The van der Waals surface area contributed by atoms with E-state index in [4.69, 9.17) is 5.73 Å². The highest BCUT2D eigenvalue weighted by Gasteiger charge is 2.09. The first-order valence-corrected chi connectivity index (χ1v) is 8.43. The lowest BCUT2D eigenvalue weighted by Gasteiger charge is -2.09. The molecule has 0 radical (unpaired) electrons. The molecule has 20 heavy (non-hydrogen) atoms. The van der Waals surface area contributed by atoms with Crippen molar-refractivity contribution in [1.82, 2.24) is 9.38 Å². The molecule has 1 aromatic carbocycles. The van der Waals surface area contributed by atoms with Crippen LogP contribution in [0.25, 0.3) is 4.96 Å². The summed E-state index contributed by atoms with van der Waals surface area (Å²) in [4.78, 5) is 6.89. The standard InChI is InChI=1S/C15H17N3S2/c1-11-2-4-14(5-3-11)20-10-12(16)8-13-9-18-6-7-19-15(18)17-13/h2-7,9,12H,8,10,16H2,1H3. The highest BCUT2D eigenvalue weighted by molar-refractivity contribution is 7.99. The molecular weight excluding hydrogens is 286 g/mol. The Bertz CT molecular complexity index is 656. The number of rotatable bonds is 5. The first-order valence-electron chi connectivity index (χ1n) is 6.57. The maximum Gasteiger partial charge on any atom is 0.193 e. The number of nitrogens with zero attached hydrogens (tertiary/aromatic N) is 2. The Kier molecular flexibility index (Phi) is 4.10. The van der Waals surface area contributed by atoms with E-state index in [1.165, 1.54) is 10.5 Å². The summed E-state index contributed by atoms with van der Waals surface area (Å²) in [7, 11) is 0. The normalized spacial score (nSPS) is 12.9. The van der Waals surface area contributed by atoms with Crippen LogP contribution in [0, 0.1) is 6.92 Å². The van der Waals surface area contributed by atoms with Gasteiger partial charge in [0.1, 0.15) is 0 Å². The van der Waals surface area contributed by atoms with Crippen molar-refractivity contribution in [1.29, 1.82) is 0 Å². The number of benzene rings is 1. The van der Waals surface area contributed by atoms with Crippen molar-refractivity contribution in [3.8, 4) is 0 Å². The second kappa shape index (κ2) is 5.99. The molecule has 3 aromatic rings. The van der Waals surface area contributed by atoms with Gasteiger partial charge in [-0.1, -0.05) is 17.7 Å². The minimum atomic E-state index is 0.130. The Morgan fingerprint density at radius 2 is 2.15 bits per heavy atom. The number of hydrogen-bond acceptors (Lipinski definition) is 4. The molecule has 0 aliphatic heterocycles. The van der Waals surface area contributed by atoms with Crippen molar-refractivity contribution in [2.75, 3.05) is 5.75 Å². The number of imidazole rings is 1. The van der Waals surface area contributed by atoms with Gasteiger partial charge < -0.3 is 5.73 Å². The SMILES string of the molecule is Cc1ccc(SCC(N)Cc2cn3ccsc3n2)cc1. The fourth-order valence-electron chi connectivity index (χ4n) is 2.04. The molecule has 0 aliphatic carbocycles. The van der Waals surface area contributed by atoms with E-state index < -0.39 is 0 Å². The lowest BCUT2D eigenvalue weighted by molar-refractivity contribution is 0.736. The summed E-state index contributed by atoms with van der Waals surface area (Å²) in [5.41, 5.74) is 8.57. The molecule has 3 nitrogen and oxygen atoms in total. The van der Waals surface area contributed by atoms with Gasteiger partial charge in [-0.25, -0.2) is 4.98 Å². The Morgan fingerprint density at radius 3 is 2.90 bits per heavy atom. The van der Waals surface area contributed by atoms with Gasteiger partial charge in [0.2, 0.25) is 0 Å². The minimum Gasteiger partial charge on any atom is -0.327 e. The fraction of sp³-hybridized carbons (Fsp3) is 0.267. The van der Waals surface area contributed by atoms with E-state index in [2.05, 4.69) is 46.8 Å². The first kappa shape index (κ1) is 13.7. The van der Waals surface area contributed by atoms with E-state index in [0.29, 0.717) is 0 Å². The van der Waals surface area contributed by atoms with Crippen molar-refractivity contribution in [2.24, 2.45) is 5.73 Å². The molecule has 0 saturated carbocycles. The third kappa shape index (κ3) is 3.23. The molecule has 0 aliphatic rings. The third-order valence-corrected chi connectivity index (χ3v) is 5.07. The van der Waals surface area contributed by atoms with Crippen LogP contribution < -0.4 is 5.73 Å². The van der Waals surface area contributed by atoms with Crippen LogP contribution in [0.1, 0.15) is 11.3 Å². The van der Waals surface area contributed by atoms with Gasteiger partial charge in [-0.05, 0) is 19.1 Å². The van der Waals surface area contributed by atoms with E-state index in [-0.39, 0.29) is 6.04 Å². The monoisotopic (exact) mass is 303 g/mol. The quantitative estimate of drug-likeness (QED) is 0.735. The zero-order chi connectivity index (χ0) is 13.9. The molecular formula is C15H17N3S2. The third-order valence-electron chi connectivity index (χ3n) is 3.10. The van der Waals surface area contributed by atoms with Crippen molar-refractivity contribution in [2.45, 2.75) is 24.3 Å². The highest BCUT2D eigenvalue weighted by Crippen LogP contribution is 2.20. The maximum absolute atomic E-state index is 6.21. The molecule has 1 atom stereocenters. The van der Waals surface area contributed by atoms with Crippen LogP contribution in [0.5, 0.6) is 0 Å². The van der Waals surface area contributed by atoms with E-state index in [1.54, 1.807) is 11.3 Å². The van der Waals surface area contributed by atoms with E-state index in [9.17, 15) is 0 Å². The van der Waals surface area contributed by atoms with Crippen LogP contribution in [0.2, 0.25) is 0 Å². The van der Waals surface area contributed by atoms with Gasteiger partial charge in [-0.15, -0.1) is 23.1 Å². The van der Waals surface area contributed by atoms with E-state index in [1.807, 2.05) is 23.3 Å². The average Bonchev–Trinajstić information content (AvgIpc) is 2.99. The molecule has 2 aromatic heterocycles. The molecule has 2 N–H and O–H groups in total. The number of nitrogens with two attached hydrogens (primary N) is 1. The number of thioether (sulfide) groups is 1. The van der Waals surface area contributed by atoms with Crippen LogP contribution >= 0.6 is 23.1 Å². The zero-order valence-corrected chi connectivity index (χ0v) is 13.0. The summed E-state index contributed by atoms with van der Waals surface area (Å²) < 4.78 is 2.06. The molecule has 1 unspecified atom stereocenters. The smallest absolute Gasteiger partial charge is 0.193 e. The average molecular weight is 303 g/mol.